The number of aryl methyl sites for hydroxylation is 2. The van der Waals surface area contributed by atoms with Crippen LogP contribution in [0.1, 0.15) is 29.3 Å². The Labute approximate surface area is 165 Å². The van der Waals surface area contributed by atoms with Gasteiger partial charge in [0.2, 0.25) is 5.91 Å². The first-order valence-corrected chi connectivity index (χ1v) is 10.8. The summed E-state index contributed by atoms with van der Waals surface area (Å²) in [7, 11) is 0. The number of benzene rings is 1. The number of hydrogen-bond donors (Lipinski definition) is 2. The Morgan fingerprint density at radius 3 is 3.11 bits per heavy atom. The topological polar surface area (TPSA) is 74.8 Å². The van der Waals surface area contributed by atoms with E-state index in [4.69, 9.17) is 0 Å². The predicted octanol–water partition coefficient (Wildman–Crippen LogP) is 4.15. The molecule has 0 radical (unpaired) electrons. The number of H-pyrrole nitrogens is 1. The molecule has 1 aliphatic rings. The Bertz CT molecular complexity index is 1070. The van der Waals surface area contributed by atoms with Gasteiger partial charge >= 0.3 is 0 Å². The quantitative estimate of drug-likeness (QED) is 0.510. The lowest BCUT2D eigenvalue weighted by Crippen LogP contribution is -2.16. The second-order valence-corrected chi connectivity index (χ2v) is 9.16. The van der Waals surface area contributed by atoms with Crippen LogP contribution in [-0.4, -0.2) is 21.6 Å². The second-order valence-electron chi connectivity index (χ2n) is 7.11. The van der Waals surface area contributed by atoms with Crippen molar-refractivity contribution in [1.29, 1.82) is 0 Å². The van der Waals surface area contributed by atoms with Gasteiger partial charge in [0.05, 0.1) is 11.1 Å². The van der Waals surface area contributed by atoms with Gasteiger partial charge in [0, 0.05) is 10.6 Å². The third-order valence-electron chi connectivity index (χ3n) is 4.79. The summed E-state index contributed by atoms with van der Waals surface area (Å²) in [6.45, 7) is 4.23. The molecule has 7 heteroatoms. The number of hydrogen-bond acceptors (Lipinski definition) is 5. The first-order chi connectivity index (χ1) is 13.0. The molecule has 4 rings (SSSR count). The van der Waals surface area contributed by atoms with Crippen molar-refractivity contribution >= 4 is 44.9 Å². The first-order valence-electron chi connectivity index (χ1n) is 9.03. The van der Waals surface area contributed by atoms with Gasteiger partial charge in [0.15, 0.2) is 5.16 Å². The number of nitrogens with zero attached hydrogens (tertiary/aromatic N) is 1. The fraction of sp³-hybridized carbons (Fsp3) is 0.350. The van der Waals surface area contributed by atoms with Gasteiger partial charge in [-0.25, -0.2) is 4.98 Å². The molecule has 2 heterocycles. The molecule has 0 saturated carbocycles. The van der Waals surface area contributed by atoms with Gasteiger partial charge in [0.1, 0.15) is 4.83 Å². The van der Waals surface area contributed by atoms with Crippen molar-refractivity contribution < 1.29 is 4.79 Å². The third kappa shape index (κ3) is 3.94. The molecule has 1 aromatic carbocycles. The van der Waals surface area contributed by atoms with E-state index in [2.05, 4.69) is 22.2 Å². The highest BCUT2D eigenvalue weighted by Gasteiger charge is 2.23. The summed E-state index contributed by atoms with van der Waals surface area (Å²) in [4.78, 5) is 34.3. The zero-order chi connectivity index (χ0) is 19.0. The van der Waals surface area contributed by atoms with E-state index < -0.39 is 0 Å². The largest absolute Gasteiger partial charge is 0.325 e. The Morgan fingerprint density at radius 2 is 2.30 bits per heavy atom. The number of fused-ring (bicyclic) bond motifs is 3. The van der Waals surface area contributed by atoms with Gasteiger partial charge < -0.3 is 10.3 Å². The number of aromatic nitrogens is 2. The molecule has 1 atom stereocenters. The van der Waals surface area contributed by atoms with E-state index in [0.717, 1.165) is 40.7 Å². The summed E-state index contributed by atoms with van der Waals surface area (Å²) in [5, 5.41) is 4.12. The van der Waals surface area contributed by atoms with Crippen LogP contribution in [0.3, 0.4) is 0 Å². The monoisotopic (exact) mass is 399 g/mol. The highest BCUT2D eigenvalue weighted by atomic mass is 32.2. The van der Waals surface area contributed by atoms with Crippen molar-refractivity contribution in [3.63, 3.8) is 0 Å². The third-order valence-corrected chi connectivity index (χ3v) is 6.81. The second kappa shape index (κ2) is 7.48. The van der Waals surface area contributed by atoms with E-state index in [0.29, 0.717) is 11.1 Å². The molecular weight excluding hydrogens is 378 g/mol. The lowest BCUT2D eigenvalue weighted by atomic mass is 9.89. The lowest BCUT2D eigenvalue weighted by Gasteiger charge is -2.17. The summed E-state index contributed by atoms with van der Waals surface area (Å²) >= 11 is 2.88. The Morgan fingerprint density at radius 1 is 1.44 bits per heavy atom. The summed E-state index contributed by atoms with van der Waals surface area (Å²) in [6.07, 6.45) is 3.09. The van der Waals surface area contributed by atoms with Gasteiger partial charge in [-0.05, 0) is 55.4 Å². The van der Waals surface area contributed by atoms with Crippen LogP contribution in [0.4, 0.5) is 5.69 Å². The van der Waals surface area contributed by atoms with Crippen LogP contribution in [0.25, 0.3) is 10.2 Å². The zero-order valence-electron chi connectivity index (χ0n) is 15.3. The van der Waals surface area contributed by atoms with Crippen LogP contribution in [0, 0.1) is 12.8 Å². The maximum absolute atomic E-state index is 12.6. The number of carbonyl (C=O) groups excluding carboxylic acids is 1. The smallest absolute Gasteiger partial charge is 0.260 e. The van der Waals surface area contributed by atoms with Crippen LogP contribution in [0.5, 0.6) is 0 Å². The molecule has 27 heavy (non-hydrogen) atoms. The van der Waals surface area contributed by atoms with E-state index in [1.54, 1.807) is 11.3 Å². The highest BCUT2D eigenvalue weighted by Crippen LogP contribution is 2.36. The van der Waals surface area contributed by atoms with E-state index in [1.807, 2.05) is 31.2 Å². The number of thioether (sulfide) groups is 1. The van der Waals surface area contributed by atoms with Gasteiger partial charge in [-0.3, -0.25) is 9.59 Å². The molecule has 0 bridgehead atoms. The Kier molecular flexibility index (Phi) is 5.06. The van der Waals surface area contributed by atoms with Crippen molar-refractivity contribution in [1.82, 2.24) is 9.97 Å². The van der Waals surface area contributed by atoms with E-state index in [-0.39, 0.29) is 17.2 Å². The molecule has 1 amide bonds. The molecule has 140 valence electrons. The maximum Gasteiger partial charge on any atom is 0.260 e. The van der Waals surface area contributed by atoms with Crippen LogP contribution in [0.2, 0.25) is 0 Å². The molecule has 3 aromatic rings. The number of aromatic amines is 1. The summed E-state index contributed by atoms with van der Waals surface area (Å²) in [5.41, 5.74) is 2.95. The van der Waals surface area contributed by atoms with Gasteiger partial charge in [-0.2, -0.15) is 0 Å². The molecule has 2 N–H and O–H groups in total. The Hall–Kier alpha value is -2.12. The van der Waals surface area contributed by atoms with Crippen molar-refractivity contribution in [3.05, 3.63) is 50.6 Å². The van der Waals surface area contributed by atoms with E-state index >= 15 is 0 Å². The lowest BCUT2D eigenvalue weighted by molar-refractivity contribution is -0.113. The fourth-order valence-electron chi connectivity index (χ4n) is 3.45. The fourth-order valence-corrected chi connectivity index (χ4v) is 5.55. The molecule has 0 unspecified atom stereocenters. The van der Waals surface area contributed by atoms with Crippen LogP contribution < -0.4 is 10.9 Å². The number of anilines is 1. The number of amides is 1. The SMILES string of the molecule is Cc1cccc(NC(=O)CSc2nc3sc4c(c3c(=O)[nH]2)CC[C@@H](C)C4)c1. The number of thiophene rings is 1. The summed E-state index contributed by atoms with van der Waals surface area (Å²) in [6, 6.07) is 7.67. The van der Waals surface area contributed by atoms with Gasteiger partial charge in [0.25, 0.3) is 5.56 Å². The minimum absolute atomic E-state index is 0.0892. The molecule has 0 spiro atoms. The molecule has 0 saturated heterocycles. The standard InChI is InChI=1S/C20H21N3O2S2/c1-11-4-3-5-13(8-11)21-16(24)10-26-20-22-18(25)17-14-7-6-12(2)9-15(14)27-19(17)23-20/h3-5,8,12H,6-7,9-10H2,1-2H3,(H,21,24)(H,22,23,25)/t12-/m1/s1. The molecular formula is C20H21N3O2S2. The van der Waals surface area contributed by atoms with Crippen LogP contribution in [-0.2, 0) is 17.6 Å². The van der Waals surface area contributed by atoms with E-state index in [1.165, 1.54) is 22.2 Å². The minimum Gasteiger partial charge on any atom is -0.325 e. The van der Waals surface area contributed by atoms with Crippen molar-refractivity contribution in [3.8, 4) is 0 Å². The van der Waals surface area contributed by atoms with Gasteiger partial charge in [-0.15, -0.1) is 11.3 Å². The maximum atomic E-state index is 12.6. The molecule has 0 fully saturated rings. The predicted molar refractivity (Wildman–Crippen MR) is 112 cm³/mol. The summed E-state index contributed by atoms with van der Waals surface area (Å²) in [5.74, 6) is 0.737. The molecule has 0 aliphatic heterocycles. The molecule has 1 aliphatic carbocycles. The number of carbonyl (C=O) groups is 1. The number of nitrogens with one attached hydrogen (secondary N) is 2. The number of rotatable bonds is 4. The van der Waals surface area contributed by atoms with Crippen LogP contribution >= 0.6 is 23.1 Å². The summed E-state index contributed by atoms with van der Waals surface area (Å²) < 4.78 is 0. The highest BCUT2D eigenvalue weighted by molar-refractivity contribution is 7.99. The normalized spacial score (nSPS) is 16.3. The van der Waals surface area contributed by atoms with Crippen LogP contribution in [0.15, 0.2) is 34.2 Å². The van der Waals surface area contributed by atoms with Crippen molar-refractivity contribution in [2.75, 3.05) is 11.1 Å². The van der Waals surface area contributed by atoms with Crippen molar-refractivity contribution in [2.45, 2.75) is 38.3 Å². The minimum atomic E-state index is -0.118. The van der Waals surface area contributed by atoms with E-state index in [9.17, 15) is 9.59 Å². The average molecular weight is 400 g/mol. The zero-order valence-corrected chi connectivity index (χ0v) is 16.9. The average Bonchev–Trinajstić information content (AvgIpc) is 2.97. The Balaban J connectivity index is 1.49. The van der Waals surface area contributed by atoms with Gasteiger partial charge in [-0.1, -0.05) is 30.8 Å². The molecule has 2 aromatic heterocycles. The molecule has 5 nitrogen and oxygen atoms in total. The van der Waals surface area contributed by atoms with Crippen molar-refractivity contribution in [2.24, 2.45) is 5.92 Å². The first kappa shape index (κ1) is 18.3.